The minimum atomic E-state index is -0.741. The molecule has 0 aliphatic carbocycles. The zero-order valence-electron chi connectivity index (χ0n) is 15.0. The number of benzene rings is 2. The van der Waals surface area contributed by atoms with Gasteiger partial charge in [0.15, 0.2) is 5.96 Å². The van der Waals surface area contributed by atoms with Gasteiger partial charge in [-0.25, -0.2) is 0 Å². The van der Waals surface area contributed by atoms with E-state index in [9.17, 15) is 5.11 Å². The van der Waals surface area contributed by atoms with Crippen LogP contribution in [0.3, 0.4) is 0 Å². The Kier molecular flexibility index (Phi) is 10.0. The van der Waals surface area contributed by atoms with Crippen LogP contribution in [0.5, 0.6) is 5.75 Å². The number of aliphatic imine (C=N–C) groups is 1. The molecule has 0 spiro atoms. The molecule has 0 bridgehead atoms. The largest absolute Gasteiger partial charge is 0.491 e. The normalized spacial score (nSPS) is 12.2. The van der Waals surface area contributed by atoms with Crippen LogP contribution in [0, 0.1) is 6.92 Å². The van der Waals surface area contributed by atoms with Gasteiger partial charge in [-0.15, -0.1) is 24.0 Å². The molecule has 0 amide bonds. The van der Waals surface area contributed by atoms with Crippen molar-refractivity contribution in [3.05, 3.63) is 59.7 Å². The number of aryl methyl sites for hydroxylation is 1. The average Bonchev–Trinajstić information content (AvgIpc) is 2.60. The summed E-state index contributed by atoms with van der Waals surface area (Å²) in [6, 6.07) is 15.3. The van der Waals surface area contributed by atoms with Crippen LogP contribution in [0.1, 0.15) is 11.1 Å². The molecule has 4 N–H and O–H groups in total. The van der Waals surface area contributed by atoms with Gasteiger partial charge in [-0.3, -0.25) is 4.99 Å². The van der Waals surface area contributed by atoms with E-state index in [0.29, 0.717) is 6.61 Å². The Labute approximate surface area is 171 Å². The number of hydrogen-bond donors (Lipinski definition) is 3. The highest BCUT2D eigenvalue weighted by molar-refractivity contribution is 14.0. The summed E-state index contributed by atoms with van der Waals surface area (Å²) < 4.78 is 10.7. The first-order chi connectivity index (χ1) is 12.1. The van der Waals surface area contributed by atoms with Gasteiger partial charge < -0.3 is 25.6 Å². The number of nitrogens with one attached hydrogen (secondary N) is 1. The second kappa shape index (κ2) is 11.7. The number of nitrogens with zero attached hydrogens (tertiary/aromatic N) is 1. The lowest BCUT2D eigenvalue weighted by atomic mass is 10.2. The number of methoxy groups -OCH3 is 1. The molecule has 26 heavy (non-hydrogen) atoms. The van der Waals surface area contributed by atoms with E-state index in [0.717, 1.165) is 22.6 Å². The maximum atomic E-state index is 10.00. The molecule has 6 nitrogen and oxygen atoms in total. The number of aliphatic hydroxyl groups is 1. The minimum absolute atomic E-state index is 0. The Bertz CT molecular complexity index is 710. The van der Waals surface area contributed by atoms with Crippen LogP contribution in [0.25, 0.3) is 0 Å². The van der Waals surface area contributed by atoms with Gasteiger partial charge in [-0.2, -0.15) is 0 Å². The molecule has 0 heterocycles. The third kappa shape index (κ3) is 7.59. The fourth-order valence-corrected chi connectivity index (χ4v) is 2.26. The van der Waals surface area contributed by atoms with Gasteiger partial charge in [0.2, 0.25) is 0 Å². The van der Waals surface area contributed by atoms with Gasteiger partial charge in [0, 0.05) is 18.4 Å². The lowest BCUT2D eigenvalue weighted by molar-refractivity contribution is 0.114. The summed E-state index contributed by atoms with van der Waals surface area (Å²) in [5, 5.41) is 13.0. The van der Waals surface area contributed by atoms with E-state index in [1.54, 1.807) is 7.11 Å². The topological polar surface area (TPSA) is 89.1 Å². The molecule has 0 aromatic heterocycles. The summed E-state index contributed by atoms with van der Waals surface area (Å²) >= 11 is 0. The zero-order chi connectivity index (χ0) is 18.1. The number of guanidine groups is 1. The molecule has 0 fully saturated rings. The summed E-state index contributed by atoms with van der Waals surface area (Å²) in [5.74, 6) is 0.959. The predicted molar refractivity (Wildman–Crippen MR) is 115 cm³/mol. The van der Waals surface area contributed by atoms with E-state index >= 15 is 0 Å². The molecule has 1 atom stereocenters. The van der Waals surface area contributed by atoms with Gasteiger partial charge in [-0.05, 0) is 30.7 Å². The van der Waals surface area contributed by atoms with Crippen molar-refractivity contribution >= 4 is 35.6 Å². The highest BCUT2D eigenvalue weighted by atomic mass is 127. The SMILES string of the molecule is COCc1ccccc1NC(N)=NCC(O)COc1cccc(C)c1.I. The molecule has 142 valence electrons. The van der Waals surface area contributed by atoms with Crippen molar-refractivity contribution in [1.29, 1.82) is 0 Å². The Morgan fingerprint density at radius 2 is 2.00 bits per heavy atom. The highest BCUT2D eigenvalue weighted by Crippen LogP contribution is 2.15. The van der Waals surface area contributed by atoms with E-state index in [1.165, 1.54) is 0 Å². The van der Waals surface area contributed by atoms with Crippen LogP contribution in [-0.2, 0) is 11.3 Å². The van der Waals surface area contributed by atoms with Crippen molar-refractivity contribution in [1.82, 2.24) is 0 Å². The molecule has 2 aromatic rings. The number of hydrogen-bond acceptors (Lipinski definition) is 4. The van der Waals surface area contributed by atoms with Gasteiger partial charge in [0.05, 0.1) is 13.2 Å². The smallest absolute Gasteiger partial charge is 0.193 e. The third-order valence-electron chi connectivity index (χ3n) is 3.48. The minimum Gasteiger partial charge on any atom is -0.491 e. The summed E-state index contributed by atoms with van der Waals surface area (Å²) in [6.45, 7) is 2.77. The van der Waals surface area contributed by atoms with Crippen LogP contribution in [0.4, 0.5) is 5.69 Å². The zero-order valence-corrected chi connectivity index (χ0v) is 17.3. The fourth-order valence-electron chi connectivity index (χ4n) is 2.26. The third-order valence-corrected chi connectivity index (χ3v) is 3.48. The fraction of sp³-hybridized carbons (Fsp3) is 0.316. The maximum absolute atomic E-state index is 10.00. The molecule has 0 aliphatic heterocycles. The molecule has 0 radical (unpaired) electrons. The first-order valence-electron chi connectivity index (χ1n) is 8.10. The molecule has 2 aromatic carbocycles. The predicted octanol–water partition coefficient (Wildman–Crippen LogP) is 2.93. The van der Waals surface area contributed by atoms with Crippen molar-refractivity contribution in [2.75, 3.05) is 25.6 Å². The standard InChI is InChI=1S/C19H25N3O3.HI/c1-14-6-5-8-17(10-14)25-13-16(23)11-21-19(20)22-18-9-4-3-7-15(18)12-24-2;/h3-10,16,23H,11-13H2,1-2H3,(H3,20,21,22);1H. The maximum Gasteiger partial charge on any atom is 0.193 e. The number of nitrogens with two attached hydrogens (primary N) is 1. The summed E-state index contributed by atoms with van der Waals surface area (Å²) in [7, 11) is 1.64. The number of para-hydroxylation sites is 1. The first-order valence-corrected chi connectivity index (χ1v) is 8.10. The van der Waals surface area contributed by atoms with E-state index in [-0.39, 0.29) is 43.1 Å². The first kappa shape index (κ1) is 22.2. The number of halogens is 1. The van der Waals surface area contributed by atoms with E-state index in [4.69, 9.17) is 15.2 Å². The Morgan fingerprint density at radius 3 is 2.73 bits per heavy atom. The molecule has 0 aliphatic rings. The van der Waals surface area contributed by atoms with Crippen LogP contribution in [0.2, 0.25) is 0 Å². The molecule has 2 rings (SSSR count). The molecular formula is C19H26IN3O3. The Balaban J connectivity index is 0.00000338. The van der Waals surface area contributed by atoms with Gasteiger partial charge >= 0.3 is 0 Å². The average molecular weight is 471 g/mol. The van der Waals surface area contributed by atoms with Crippen molar-refractivity contribution < 1.29 is 14.6 Å². The van der Waals surface area contributed by atoms with Crippen LogP contribution < -0.4 is 15.8 Å². The molecule has 0 saturated heterocycles. The second-order valence-corrected chi connectivity index (χ2v) is 5.72. The lowest BCUT2D eigenvalue weighted by Crippen LogP contribution is -2.27. The monoisotopic (exact) mass is 471 g/mol. The molecule has 0 saturated carbocycles. The van der Waals surface area contributed by atoms with Crippen LogP contribution in [0.15, 0.2) is 53.5 Å². The lowest BCUT2D eigenvalue weighted by Gasteiger charge is -2.13. The number of ether oxygens (including phenoxy) is 2. The quantitative estimate of drug-likeness (QED) is 0.313. The highest BCUT2D eigenvalue weighted by Gasteiger charge is 2.06. The van der Waals surface area contributed by atoms with Gasteiger partial charge in [0.25, 0.3) is 0 Å². The van der Waals surface area contributed by atoms with E-state index in [1.807, 2.05) is 55.5 Å². The number of anilines is 1. The number of aliphatic hydroxyl groups excluding tert-OH is 1. The Morgan fingerprint density at radius 1 is 1.23 bits per heavy atom. The summed E-state index contributed by atoms with van der Waals surface area (Å²) in [6.07, 6.45) is -0.741. The van der Waals surface area contributed by atoms with Crippen LogP contribution >= 0.6 is 24.0 Å². The molecular weight excluding hydrogens is 445 g/mol. The van der Waals surface area contributed by atoms with Crippen molar-refractivity contribution in [2.24, 2.45) is 10.7 Å². The van der Waals surface area contributed by atoms with Crippen molar-refractivity contribution in [3.63, 3.8) is 0 Å². The van der Waals surface area contributed by atoms with Gasteiger partial charge in [0.1, 0.15) is 18.5 Å². The van der Waals surface area contributed by atoms with E-state index < -0.39 is 6.10 Å². The van der Waals surface area contributed by atoms with E-state index in [2.05, 4.69) is 10.3 Å². The Hall–Kier alpha value is -1.84. The summed E-state index contributed by atoms with van der Waals surface area (Å²) in [4.78, 5) is 4.16. The van der Waals surface area contributed by atoms with Gasteiger partial charge in [-0.1, -0.05) is 30.3 Å². The molecule has 7 heteroatoms. The van der Waals surface area contributed by atoms with Crippen molar-refractivity contribution in [2.45, 2.75) is 19.6 Å². The van der Waals surface area contributed by atoms with Crippen molar-refractivity contribution in [3.8, 4) is 5.75 Å². The second-order valence-electron chi connectivity index (χ2n) is 5.72. The molecule has 1 unspecified atom stereocenters. The van der Waals surface area contributed by atoms with Crippen LogP contribution in [-0.4, -0.2) is 37.4 Å². The summed E-state index contributed by atoms with van der Waals surface area (Å²) in [5.41, 5.74) is 8.81. The number of rotatable bonds is 8.